The van der Waals surface area contributed by atoms with Crippen LogP contribution in [0.1, 0.15) is 31.7 Å². The summed E-state index contributed by atoms with van der Waals surface area (Å²) in [6, 6.07) is 6.14. The van der Waals surface area contributed by atoms with Gasteiger partial charge in [-0.3, -0.25) is 9.59 Å². The fourth-order valence-corrected chi connectivity index (χ4v) is 2.97. The van der Waals surface area contributed by atoms with Gasteiger partial charge in [-0.25, -0.2) is 4.39 Å². The highest BCUT2D eigenvalue weighted by atomic mass is 19.1. The molecule has 21 heavy (non-hydrogen) atoms. The van der Waals surface area contributed by atoms with Gasteiger partial charge < -0.3 is 10.2 Å². The van der Waals surface area contributed by atoms with E-state index in [1.54, 1.807) is 17.0 Å². The average Bonchev–Trinajstić information content (AvgIpc) is 3.29. The van der Waals surface area contributed by atoms with E-state index in [0.29, 0.717) is 19.5 Å². The molecule has 5 heteroatoms. The van der Waals surface area contributed by atoms with Crippen LogP contribution in [0, 0.1) is 11.7 Å². The molecule has 2 amide bonds. The predicted molar refractivity (Wildman–Crippen MR) is 75.7 cm³/mol. The van der Waals surface area contributed by atoms with E-state index in [4.69, 9.17) is 0 Å². The Kier molecular flexibility index (Phi) is 3.43. The molecule has 0 spiro atoms. The molecule has 1 heterocycles. The molecule has 1 unspecified atom stereocenters. The summed E-state index contributed by atoms with van der Waals surface area (Å²) in [4.78, 5) is 26.4. The van der Waals surface area contributed by atoms with Gasteiger partial charge in [0.2, 0.25) is 11.8 Å². The number of nitrogens with zero attached hydrogens (tertiary/aromatic N) is 1. The topological polar surface area (TPSA) is 49.4 Å². The zero-order valence-corrected chi connectivity index (χ0v) is 12.1. The van der Waals surface area contributed by atoms with Crippen molar-refractivity contribution >= 4 is 11.8 Å². The average molecular weight is 290 g/mol. The summed E-state index contributed by atoms with van der Waals surface area (Å²) in [5.41, 5.74) is 0.0883. The molecule has 1 saturated heterocycles. The van der Waals surface area contributed by atoms with Crippen molar-refractivity contribution in [3.05, 3.63) is 35.6 Å². The second-order valence-electron chi connectivity index (χ2n) is 6.13. The maximum atomic E-state index is 13.0. The van der Waals surface area contributed by atoms with Crippen molar-refractivity contribution in [2.75, 3.05) is 6.54 Å². The highest BCUT2D eigenvalue weighted by Crippen LogP contribution is 2.41. The third kappa shape index (κ3) is 2.77. The summed E-state index contributed by atoms with van der Waals surface area (Å²) in [6.07, 6.45) is 2.27. The first kappa shape index (κ1) is 14.0. The van der Waals surface area contributed by atoms with E-state index in [1.165, 1.54) is 12.1 Å². The van der Waals surface area contributed by atoms with Crippen molar-refractivity contribution in [2.45, 2.75) is 38.3 Å². The first-order valence-corrected chi connectivity index (χ1v) is 7.34. The van der Waals surface area contributed by atoms with E-state index < -0.39 is 5.54 Å². The maximum Gasteiger partial charge on any atom is 0.248 e. The Balaban J connectivity index is 1.81. The molecule has 0 aromatic heterocycles. The molecule has 1 aromatic rings. The predicted octanol–water partition coefficient (Wildman–Crippen LogP) is 1.84. The monoisotopic (exact) mass is 290 g/mol. The van der Waals surface area contributed by atoms with Crippen LogP contribution >= 0.6 is 0 Å². The fraction of sp³-hybridized carbons (Fsp3) is 0.500. The molecule has 0 radical (unpaired) electrons. The minimum atomic E-state index is -0.784. The van der Waals surface area contributed by atoms with Crippen LogP contribution in [0.25, 0.3) is 0 Å². The minimum absolute atomic E-state index is 0.0276. The van der Waals surface area contributed by atoms with E-state index >= 15 is 0 Å². The summed E-state index contributed by atoms with van der Waals surface area (Å²) in [5, 5.41) is 2.90. The molecule has 1 atom stereocenters. The number of amides is 2. The molecular weight excluding hydrogens is 271 g/mol. The largest absolute Gasteiger partial charge is 0.342 e. The normalized spacial score (nSPS) is 26.5. The van der Waals surface area contributed by atoms with Gasteiger partial charge in [0.25, 0.3) is 0 Å². The Bertz CT molecular complexity index is 568. The second kappa shape index (κ2) is 5.13. The Morgan fingerprint density at radius 3 is 2.57 bits per heavy atom. The number of halogens is 1. The van der Waals surface area contributed by atoms with Gasteiger partial charge in [0, 0.05) is 19.5 Å². The van der Waals surface area contributed by atoms with E-state index in [2.05, 4.69) is 5.32 Å². The lowest BCUT2D eigenvalue weighted by molar-refractivity contribution is -0.139. The lowest BCUT2D eigenvalue weighted by Gasteiger charge is -2.32. The molecule has 1 aromatic carbocycles. The number of carbonyl (C=O) groups excluding carboxylic acids is 2. The van der Waals surface area contributed by atoms with Crippen LogP contribution in [0.4, 0.5) is 4.39 Å². The first-order valence-electron chi connectivity index (χ1n) is 7.34. The van der Waals surface area contributed by atoms with Gasteiger partial charge in [0.1, 0.15) is 11.4 Å². The molecule has 1 aliphatic carbocycles. The summed E-state index contributed by atoms with van der Waals surface area (Å²) < 4.78 is 13.0. The molecule has 1 aliphatic heterocycles. The van der Waals surface area contributed by atoms with Crippen molar-refractivity contribution in [3.8, 4) is 0 Å². The van der Waals surface area contributed by atoms with Gasteiger partial charge >= 0.3 is 0 Å². The summed E-state index contributed by atoms with van der Waals surface area (Å²) in [6.45, 7) is 2.65. The molecule has 0 bridgehead atoms. The quantitative estimate of drug-likeness (QED) is 0.923. The number of rotatable bonds is 3. The van der Waals surface area contributed by atoms with Gasteiger partial charge in [-0.2, -0.15) is 0 Å². The van der Waals surface area contributed by atoms with Gasteiger partial charge in [-0.1, -0.05) is 12.1 Å². The van der Waals surface area contributed by atoms with Crippen LogP contribution in [0.3, 0.4) is 0 Å². The highest BCUT2D eigenvalue weighted by Gasteiger charge is 2.50. The molecule has 3 rings (SSSR count). The van der Waals surface area contributed by atoms with Gasteiger partial charge in [0.05, 0.1) is 0 Å². The van der Waals surface area contributed by atoms with Crippen molar-refractivity contribution in [1.29, 1.82) is 0 Å². The number of hydrogen-bond donors (Lipinski definition) is 1. The molecule has 1 saturated carbocycles. The Morgan fingerprint density at radius 1 is 1.29 bits per heavy atom. The second-order valence-corrected chi connectivity index (χ2v) is 6.13. The number of carbonyl (C=O) groups is 2. The van der Waals surface area contributed by atoms with E-state index in [-0.39, 0.29) is 23.5 Å². The molecule has 1 N–H and O–H groups in total. The van der Waals surface area contributed by atoms with Crippen LogP contribution < -0.4 is 5.32 Å². The molecule has 112 valence electrons. The molecule has 4 nitrogen and oxygen atoms in total. The van der Waals surface area contributed by atoms with Crippen LogP contribution in [0.5, 0.6) is 0 Å². The van der Waals surface area contributed by atoms with Gasteiger partial charge in [-0.05, 0) is 43.4 Å². The third-order valence-corrected chi connectivity index (χ3v) is 4.42. The first-order chi connectivity index (χ1) is 9.99. The Morgan fingerprint density at radius 2 is 1.95 bits per heavy atom. The van der Waals surface area contributed by atoms with Crippen molar-refractivity contribution in [1.82, 2.24) is 10.2 Å². The van der Waals surface area contributed by atoms with Crippen molar-refractivity contribution < 1.29 is 14.0 Å². The summed E-state index contributed by atoms with van der Waals surface area (Å²) in [7, 11) is 0. The smallest absolute Gasteiger partial charge is 0.248 e. The molecule has 2 aliphatic rings. The number of hydrogen-bond acceptors (Lipinski definition) is 2. The van der Waals surface area contributed by atoms with Crippen LogP contribution in [-0.4, -0.2) is 28.8 Å². The van der Waals surface area contributed by atoms with E-state index in [9.17, 15) is 14.0 Å². The third-order valence-electron chi connectivity index (χ3n) is 4.42. The number of nitrogens with one attached hydrogen (secondary N) is 1. The minimum Gasteiger partial charge on any atom is -0.342 e. The maximum absolute atomic E-state index is 13.0. The van der Waals surface area contributed by atoms with Crippen molar-refractivity contribution in [3.63, 3.8) is 0 Å². The molecular formula is C16H19FN2O2. The van der Waals surface area contributed by atoms with Crippen LogP contribution in [-0.2, 0) is 16.1 Å². The van der Waals surface area contributed by atoms with Crippen LogP contribution in [0.15, 0.2) is 24.3 Å². The van der Waals surface area contributed by atoms with E-state index in [1.807, 2.05) is 6.92 Å². The standard InChI is InChI=1S/C16H19FN2O2/c1-16(12-4-5-12)15(21)19(9-8-14(20)18-16)10-11-2-6-13(17)7-3-11/h2-3,6-7,12H,4-5,8-10H2,1H3,(H,18,20). The zero-order valence-electron chi connectivity index (χ0n) is 12.1. The van der Waals surface area contributed by atoms with Gasteiger partial charge in [0.15, 0.2) is 0 Å². The fourth-order valence-electron chi connectivity index (χ4n) is 2.97. The van der Waals surface area contributed by atoms with Crippen LogP contribution in [0.2, 0.25) is 0 Å². The highest BCUT2D eigenvalue weighted by molar-refractivity contribution is 5.93. The molecule has 2 fully saturated rings. The number of benzene rings is 1. The Labute approximate surface area is 123 Å². The van der Waals surface area contributed by atoms with Gasteiger partial charge in [-0.15, -0.1) is 0 Å². The SMILES string of the molecule is CC1(C2CC2)NC(=O)CCN(Cc2ccc(F)cc2)C1=O. The van der Waals surface area contributed by atoms with Crippen molar-refractivity contribution in [2.24, 2.45) is 5.92 Å². The Hall–Kier alpha value is -1.91. The lowest BCUT2D eigenvalue weighted by Crippen LogP contribution is -2.56. The zero-order chi connectivity index (χ0) is 15.0. The summed E-state index contributed by atoms with van der Waals surface area (Å²) in [5.74, 6) is -0.150. The lowest BCUT2D eigenvalue weighted by atomic mass is 9.94. The summed E-state index contributed by atoms with van der Waals surface area (Å²) >= 11 is 0. The van der Waals surface area contributed by atoms with E-state index in [0.717, 1.165) is 18.4 Å².